The molecule has 0 saturated heterocycles. The maximum absolute atomic E-state index is 8.88. The highest BCUT2D eigenvalue weighted by Gasteiger charge is 2.03. The number of benzene rings is 1. The van der Waals surface area contributed by atoms with Crippen LogP contribution in [0.4, 0.5) is 0 Å². The molecular weight excluding hydrogens is 202 g/mol. The van der Waals surface area contributed by atoms with E-state index < -0.39 is 0 Å². The summed E-state index contributed by atoms with van der Waals surface area (Å²) in [4.78, 5) is 2.07. The Labute approximate surface area is 97.3 Å². The van der Waals surface area contributed by atoms with Gasteiger partial charge in [0, 0.05) is 19.6 Å². The molecule has 0 radical (unpaired) electrons. The largest absolute Gasteiger partial charge is 0.395 e. The number of hydrogen-bond acceptors (Lipinski definition) is 3. The maximum atomic E-state index is 8.88. The zero-order chi connectivity index (χ0) is 11.8. The molecule has 0 spiro atoms. The van der Waals surface area contributed by atoms with E-state index in [1.807, 2.05) is 0 Å². The van der Waals surface area contributed by atoms with Gasteiger partial charge in [-0.15, -0.1) is 0 Å². The third-order valence-electron chi connectivity index (χ3n) is 2.63. The van der Waals surface area contributed by atoms with Crippen molar-refractivity contribution in [1.82, 2.24) is 4.90 Å². The fraction of sp³-hybridized carbons (Fsp3) is 0.538. The molecule has 0 amide bonds. The smallest absolute Gasteiger partial charge is 0.0558 e. The van der Waals surface area contributed by atoms with E-state index in [0.29, 0.717) is 13.1 Å². The Kier molecular flexibility index (Phi) is 6.08. The highest BCUT2D eigenvalue weighted by Crippen LogP contribution is 2.05. The number of rotatable bonds is 7. The normalized spacial score (nSPS) is 11.0. The van der Waals surface area contributed by atoms with E-state index in [-0.39, 0.29) is 13.2 Å². The van der Waals surface area contributed by atoms with E-state index in [2.05, 4.69) is 36.1 Å². The van der Waals surface area contributed by atoms with Crippen molar-refractivity contribution >= 4 is 0 Å². The lowest BCUT2D eigenvalue weighted by Gasteiger charge is -2.19. The molecule has 1 aromatic carbocycles. The number of aryl methyl sites for hydroxylation is 1. The predicted octanol–water partition coefficient (Wildman–Crippen LogP) is 0.824. The molecule has 1 aromatic rings. The van der Waals surface area contributed by atoms with Crippen molar-refractivity contribution < 1.29 is 10.2 Å². The highest BCUT2D eigenvalue weighted by molar-refractivity contribution is 5.22. The second-order valence-corrected chi connectivity index (χ2v) is 4.03. The van der Waals surface area contributed by atoms with Crippen LogP contribution < -0.4 is 0 Å². The first-order valence-corrected chi connectivity index (χ1v) is 5.76. The van der Waals surface area contributed by atoms with E-state index >= 15 is 0 Å². The van der Waals surface area contributed by atoms with Gasteiger partial charge in [0.2, 0.25) is 0 Å². The van der Waals surface area contributed by atoms with Crippen molar-refractivity contribution in [2.24, 2.45) is 0 Å². The van der Waals surface area contributed by atoms with Gasteiger partial charge in [-0.05, 0) is 18.9 Å². The van der Waals surface area contributed by atoms with Crippen LogP contribution in [0.2, 0.25) is 0 Å². The Morgan fingerprint density at radius 1 is 1.06 bits per heavy atom. The molecule has 2 N–H and O–H groups in total. The summed E-state index contributed by atoms with van der Waals surface area (Å²) in [6, 6.07) is 8.44. The molecule has 3 heteroatoms. The second kappa shape index (κ2) is 7.39. The zero-order valence-corrected chi connectivity index (χ0v) is 9.89. The van der Waals surface area contributed by atoms with Gasteiger partial charge in [-0.2, -0.15) is 0 Å². The molecule has 0 fully saturated rings. The van der Waals surface area contributed by atoms with Gasteiger partial charge in [-0.25, -0.2) is 0 Å². The van der Waals surface area contributed by atoms with Gasteiger partial charge >= 0.3 is 0 Å². The van der Waals surface area contributed by atoms with Crippen LogP contribution in [0.25, 0.3) is 0 Å². The molecule has 0 aliphatic heterocycles. The van der Waals surface area contributed by atoms with Crippen LogP contribution in [0, 0.1) is 6.92 Å². The summed E-state index contributed by atoms with van der Waals surface area (Å²) < 4.78 is 0. The molecule has 16 heavy (non-hydrogen) atoms. The molecular formula is C13H21NO2. The van der Waals surface area contributed by atoms with E-state index in [1.165, 1.54) is 11.1 Å². The van der Waals surface area contributed by atoms with Crippen LogP contribution in [-0.4, -0.2) is 48.0 Å². The minimum atomic E-state index is 0.147. The minimum Gasteiger partial charge on any atom is -0.395 e. The lowest BCUT2D eigenvalue weighted by atomic mass is 10.1. The third kappa shape index (κ3) is 4.75. The van der Waals surface area contributed by atoms with Crippen molar-refractivity contribution in [3.63, 3.8) is 0 Å². The average Bonchev–Trinajstić information content (AvgIpc) is 2.27. The van der Waals surface area contributed by atoms with E-state index in [1.54, 1.807) is 0 Å². The monoisotopic (exact) mass is 223 g/mol. The summed E-state index contributed by atoms with van der Waals surface area (Å²) in [6.45, 7) is 4.52. The zero-order valence-electron chi connectivity index (χ0n) is 9.89. The summed E-state index contributed by atoms with van der Waals surface area (Å²) in [6.07, 6.45) is 0.960. The summed E-state index contributed by atoms with van der Waals surface area (Å²) >= 11 is 0. The molecule has 1 rings (SSSR count). The molecule has 0 saturated carbocycles. The van der Waals surface area contributed by atoms with Gasteiger partial charge < -0.3 is 10.2 Å². The van der Waals surface area contributed by atoms with Crippen LogP contribution in [0.3, 0.4) is 0 Å². The van der Waals surface area contributed by atoms with Crippen LogP contribution in [0.5, 0.6) is 0 Å². The molecule has 0 heterocycles. The van der Waals surface area contributed by atoms with Crippen molar-refractivity contribution in [3.8, 4) is 0 Å². The van der Waals surface area contributed by atoms with Crippen LogP contribution in [-0.2, 0) is 6.42 Å². The quantitative estimate of drug-likeness (QED) is 0.719. The van der Waals surface area contributed by atoms with E-state index in [0.717, 1.165) is 13.0 Å². The third-order valence-corrected chi connectivity index (χ3v) is 2.63. The average molecular weight is 223 g/mol. The van der Waals surface area contributed by atoms with Crippen molar-refractivity contribution in [3.05, 3.63) is 35.4 Å². The Balaban J connectivity index is 2.41. The van der Waals surface area contributed by atoms with Crippen LogP contribution >= 0.6 is 0 Å². The number of nitrogens with zero attached hydrogens (tertiary/aromatic N) is 1. The van der Waals surface area contributed by atoms with Crippen LogP contribution in [0.15, 0.2) is 24.3 Å². The summed E-state index contributed by atoms with van der Waals surface area (Å²) in [5.74, 6) is 0. The molecule has 0 bridgehead atoms. The first-order valence-electron chi connectivity index (χ1n) is 5.76. The number of aliphatic hydroxyl groups excluding tert-OH is 2. The molecule has 0 aliphatic carbocycles. The Morgan fingerprint density at radius 3 is 2.31 bits per heavy atom. The van der Waals surface area contributed by atoms with Gasteiger partial charge in [0.05, 0.1) is 13.2 Å². The van der Waals surface area contributed by atoms with Gasteiger partial charge in [-0.1, -0.05) is 29.8 Å². The predicted molar refractivity (Wildman–Crippen MR) is 65.5 cm³/mol. The lowest BCUT2D eigenvalue weighted by molar-refractivity contribution is 0.162. The summed E-state index contributed by atoms with van der Waals surface area (Å²) in [5.41, 5.74) is 2.58. The molecule has 0 aromatic heterocycles. The summed E-state index contributed by atoms with van der Waals surface area (Å²) in [7, 11) is 0. The first-order chi connectivity index (χ1) is 7.76. The first kappa shape index (κ1) is 13.2. The van der Waals surface area contributed by atoms with E-state index in [9.17, 15) is 0 Å². The Hall–Kier alpha value is -0.900. The Morgan fingerprint density at radius 2 is 1.75 bits per heavy atom. The summed E-state index contributed by atoms with van der Waals surface area (Å²) in [5, 5.41) is 17.8. The van der Waals surface area contributed by atoms with Crippen molar-refractivity contribution in [2.45, 2.75) is 13.3 Å². The van der Waals surface area contributed by atoms with Crippen molar-refractivity contribution in [2.75, 3.05) is 32.8 Å². The number of hydrogen-bond donors (Lipinski definition) is 2. The van der Waals surface area contributed by atoms with Gasteiger partial charge in [0.15, 0.2) is 0 Å². The van der Waals surface area contributed by atoms with Gasteiger partial charge in [-0.3, -0.25) is 4.90 Å². The van der Waals surface area contributed by atoms with Gasteiger partial charge in [0.1, 0.15) is 0 Å². The van der Waals surface area contributed by atoms with E-state index in [4.69, 9.17) is 10.2 Å². The van der Waals surface area contributed by atoms with Gasteiger partial charge in [0.25, 0.3) is 0 Å². The SMILES string of the molecule is Cc1cccc(CCN(CCO)CCO)c1. The molecule has 0 unspecified atom stereocenters. The maximum Gasteiger partial charge on any atom is 0.0558 e. The minimum absolute atomic E-state index is 0.147. The van der Waals surface area contributed by atoms with Crippen LogP contribution in [0.1, 0.15) is 11.1 Å². The Bertz CT molecular complexity index is 296. The fourth-order valence-corrected chi connectivity index (χ4v) is 1.77. The molecule has 0 atom stereocenters. The lowest BCUT2D eigenvalue weighted by Crippen LogP contribution is -2.31. The molecule has 90 valence electrons. The standard InChI is InChI=1S/C13H21NO2/c1-12-3-2-4-13(11-12)5-6-14(7-9-15)8-10-16/h2-4,11,15-16H,5-10H2,1H3. The second-order valence-electron chi connectivity index (χ2n) is 4.03. The fourth-order valence-electron chi connectivity index (χ4n) is 1.77. The topological polar surface area (TPSA) is 43.7 Å². The highest BCUT2D eigenvalue weighted by atomic mass is 16.3. The number of aliphatic hydroxyl groups is 2. The van der Waals surface area contributed by atoms with Crippen molar-refractivity contribution in [1.29, 1.82) is 0 Å². The molecule has 0 aliphatic rings. The molecule has 3 nitrogen and oxygen atoms in total.